The van der Waals surface area contributed by atoms with E-state index in [0.29, 0.717) is 5.69 Å². The lowest BCUT2D eigenvalue weighted by molar-refractivity contribution is -0.137. The van der Waals surface area contributed by atoms with E-state index in [1.807, 2.05) is 19.1 Å². The van der Waals surface area contributed by atoms with Gasteiger partial charge in [0.2, 0.25) is 5.91 Å². The van der Waals surface area contributed by atoms with Crippen LogP contribution in [0.25, 0.3) is 0 Å². The molecule has 1 aromatic carbocycles. The first kappa shape index (κ1) is 16.2. The Balaban J connectivity index is 2.63. The van der Waals surface area contributed by atoms with E-state index in [2.05, 4.69) is 5.32 Å². The number of carboxylic acids is 1. The summed E-state index contributed by atoms with van der Waals surface area (Å²) in [5.41, 5.74) is 6.86. The molecule has 0 aliphatic rings. The Morgan fingerprint density at radius 3 is 2.30 bits per heavy atom. The molecule has 0 spiro atoms. The van der Waals surface area contributed by atoms with E-state index in [9.17, 15) is 9.59 Å². The maximum Gasteiger partial charge on any atom is 0.303 e. The van der Waals surface area contributed by atoms with Crippen LogP contribution < -0.4 is 11.1 Å². The third kappa shape index (κ3) is 5.84. The summed E-state index contributed by atoms with van der Waals surface area (Å²) in [7, 11) is 0. The van der Waals surface area contributed by atoms with Crippen molar-refractivity contribution < 1.29 is 14.7 Å². The van der Waals surface area contributed by atoms with Gasteiger partial charge in [0, 0.05) is 17.6 Å². The average molecular weight is 278 g/mol. The second-order valence-electron chi connectivity index (χ2n) is 5.83. The van der Waals surface area contributed by atoms with Crippen LogP contribution in [0.5, 0.6) is 0 Å². The molecule has 1 atom stereocenters. The van der Waals surface area contributed by atoms with E-state index in [1.54, 1.807) is 26.0 Å². The SMILES string of the molecule is CC(CC(=O)O)c1ccc(NC(=O)CC(C)(C)N)cc1. The van der Waals surface area contributed by atoms with Gasteiger partial charge in [-0.15, -0.1) is 0 Å². The molecule has 0 aliphatic carbocycles. The summed E-state index contributed by atoms with van der Waals surface area (Å²) in [4.78, 5) is 22.4. The molecule has 20 heavy (non-hydrogen) atoms. The fourth-order valence-electron chi connectivity index (χ4n) is 1.89. The van der Waals surface area contributed by atoms with Crippen molar-refractivity contribution in [2.24, 2.45) is 5.73 Å². The summed E-state index contributed by atoms with van der Waals surface area (Å²) in [6, 6.07) is 7.21. The summed E-state index contributed by atoms with van der Waals surface area (Å²) < 4.78 is 0. The van der Waals surface area contributed by atoms with Crippen LogP contribution in [-0.4, -0.2) is 22.5 Å². The molecule has 0 heterocycles. The number of rotatable bonds is 6. The lowest BCUT2D eigenvalue weighted by Gasteiger charge is -2.17. The topological polar surface area (TPSA) is 92.4 Å². The Morgan fingerprint density at radius 1 is 1.30 bits per heavy atom. The van der Waals surface area contributed by atoms with Crippen molar-refractivity contribution in [3.63, 3.8) is 0 Å². The zero-order valence-corrected chi connectivity index (χ0v) is 12.1. The number of hydrogen-bond donors (Lipinski definition) is 3. The number of carbonyl (C=O) groups excluding carboxylic acids is 1. The molecule has 0 saturated carbocycles. The summed E-state index contributed by atoms with van der Waals surface area (Å²) in [6.45, 7) is 5.45. The predicted molar refractivity (Wildman–Crippen MR) is 78.6 cm³/mol. The number of carbonyl (C=O) groups is 2. The lowest BCUT2D eigenvalue weighted by atomic mass is 9.97. The van der Waals surface area contributed by atoms with Gasteiger partial charge in [0.25, 0.3) is 0 Å². The fraction of sp³-hybridized carbons (Fsp3) is 0.467. The van der Waals surface area contributed by atoms with Crippen molar-refractivity contribution in [1.82, 2.24) is 0 Å². The summed E-state index contributed by atoms with van der Waals surface area (Å²) in [5.74, 6) is -1.01. The average Bonchev–Trinajstić information content (AvgIpc) is 2.26. The molecule has 5 heteroatoms. The molecular weight excluding hydrogens is 256 g/mol. The highest BCUT2D eigenvalue weighted by atomic mass is 16.4. The van der Waals surface area contributed by atoms with Gasteiger partial charge in [-0.05, 0) is 37.5 Å². The predicted octanol–water partition coefficient (Wildman–Crippen LogP) is 2.33. The summed E-state index contributed by atoms with van der Waals surface area (Å²) >= 11 is 0. The van der Waals surface area contributed by atoms with Gasteiger partial charge in [-0.1, -0.05) is 19.1 Å². The molecule has 0 fully saturated rings. The van der Waals surface area contributed by atoms with Crippen LogP contribution >= 0.6 is 0 Å². The van der Waals surface area contributed by atoms with Crippen LogP contribution in [0.1, 0.15) is 45.1 Å². The number of nitrogens with one attached hydrogen (secondary N) is 1. The number of nitrogens with two attached hydrogens (primary N) is 1. The standard InChI is InChI=1S/C15H22N2O3/c1-10(8-14(19)20)11-4-6-12(7-5-11)17-13(18)9-15(2,3)16/h4-7,10H,8-9,16H2,1-3H3,(H,17,18)(H,19,20). The van der Waals surface area contributed by atoms with Crippen molar-refractivity contribution in [3.05, 3.63) is 29.8 Å². The first-order valence-electron chi connectivity index (χ1n) is 6.58. The lowest BCUT2D eigenvalue weighted by Crippen LogP contribution is -2.36. The quantitative estimate of drug-likeness (QED) is 0.744. The minimum Gasteiger partial charge on any atom is -0.481 e. The molecule has 1 aromatic rings. The van der Waals surface area contributed by atoms with Gasteiger partial charge in [-0.2, -0.15) is 0 Å². The molecule has 1 amide bonds. The van der Waals surface area contributed by atoms with Gasteiger partial charge in [-0.25, -0.2) is 0 Å². The van der Waals surface area contributed by atoms with Crippen LogP contribution in [0.3, 0.4) is 0 Å². The number of benzene rings is 1. The second kappa shape index (κ2) is 6.52. The van der Waals surface area contributed by atoms with Gasteiger partial charge in [0.15, 0.2) is 0 Å². The molecule has 0 aliphatic heterocycles. The number of amides is 1. The smallest absolute Gasteiger partial charge is 0.303 e. The number of aliphatic carboxylic acids is 1. The van der Waals surface area contributed by atoms with Crippen molar-refractivity contribution >= 4 is 17.6 Å². The Labute approximate surface area is 119 Å². The van der Waals surface area contributed by atoms with E-state index in [-0.39, 0.29) is 24.7 Å². The Kier molecular flexibility index (Phi) is 5.27. The molecule has 1 unspecified atom stereocenters. The number of carboxylic acid groups (broad SMARTS) is 1. The molecular formula is C15H22N2O3. The third-order valence-corrected chi connectivity index (χ3v) is 2.86. The van der Waals surface area contributed by atoms with E-state index >= 15 is 0 Å². The molecule has 0 radical (unpaired) electrons. The highest BCUT2D eigenvalue weighted by molar-refractivity contribution is 5.91. The number of anilines is 1. The first-order valence-corrected chi connectivity index (χ1v) is 6.58. The van der Waals surface area contributed by atoms with E-state index < -0.39 is 11.5 Å². The normalized spacial score (nSPS) is 12.8. The molecule has 4 N–H and O–H groups in total. The second-order valence-corrected chi connectivity index (χ2v) is 5.83. The van der Waals surface area contributed by atoms with Crippen molar-refractivity contribution in [3.8, 4) is 0 Å². The molecule has 110 valence electrons. The Morgan fingerprint density at radius 2 is 1.85 bits per heavy atom. The van der Waals surface area contributed by atoms with Gasteiger partial charge < -0.3 is 16.2 Å². The zero-order chi connectivity index (χ0) is 15.3. The van der Waals surface area contributed by atoms with Crippen LogP contribution in [0.4, 0.5) is 5.69 Å². The van der Waals surface area contributed by atoms with Crippen LogP contribution in [0.15, 0.2) is 24.3 Å². The van der Waals surface area contributed by atoms with Gasteiger partial charge in [0.05, 0.1) is 6.42 Å². The Hall–Kier alpha value is -1.88. The zero-order valence-electron chi connectivity index (χ0n) is 12.1. The monoisotopic (exact) mass is 278 g/mol. The molecule has 0 saturated heterocycles. The van der Waals surface area contributed by atoms with E-state index in [0.717, 1.165) is 5.56 Å². The number of hydrogen-bond acceptors (Lipinski definition) is 3. The highest BCUT2D eigenvalue weighted by Gasteiger charge is 2.16. The molecule has 0 bridgehead atoms. The van der Waals surface area contributed by atoms with Crippen molar-refractivity contribution in [2.45, 2.75) is 45.1 Å². The highest BCUT2D eigenvalue weighted by Crippen LogP contribution is 2.21. The molecule has 1 rings (SSSR count). The van der Waals surface area contributed by atoms with Crippen LogP contribution in [-0.2, 0) is 9.59 Å². The third-order valence-electron chi connectivity index (χ3n) is 2.86. The minimum atomic E-state index is -0.819. The van der Waals surface area contributed by atoms with Crippen LogP contribution in [0, 0.1) is 0 Å². The fourth-order valence-corrected chi connectivity index (χ4v) is 1.89. The maximum atomic E-state index is 11.7. The van der Waals surface area contributed by atoms with Crippen molar-refractivity contribution in [1.29, 1.82) is 0 Å². The minimum absolute atomic E-state index is 0.0553. The van der Waals surface area contributed by atoms with Crippen LogP contribution in [0.2, 0.25) is 0 Å². The van der Waals surface area contributed by atoms with Gasteiger partial charge >= 0.3 is 5.97 Å². The van der Waals surface area contributed by atoms with Gasteiger partial charge in [-0.3, -0.25) is 9.59 Å². The maximum absolute atomic E-state index is 11.7. The van der Waals surface area contributed by atoms with E-state index in [4.69, 9.17) is 10.8 Å². The first-order chi connectivity index (χ1) is 9.17. The largest absolute Gasteiger partial charge is 0.481 e. The van der Waals surface area contributed by atoms with E-state index in [1.165, 1.54) is 0 Å². The summed E-state index contributed by atoms with van der Waals surface area (Å²) in [5, 5.41) is 11.5. The Bertz CT molecular complexity index is 475. The summed E-state index contributed by atoms with van der Waals surface area (Å²) in [6.07, 6.45) is 0.331. The van der Waals surface area contributed by atoms with Gasteiger partial charge in [0.1, 0.15) is 0 Å². The van der Waals surface area contributed by atoms with Crippen molar-refractivity contribution in [2.75, 3.05) is 5.32 Å². The molecule has 0 aromatic heterocycles. The molecule has 5 nitrogen and oxygen atoms in total.